The van der Waals surface area contributed by atoms with E-state index in [2.05, 4.69) is 26.3 Å². The van der Waals surface area contributed by atoms with Gasteiger partial charge in [0.25, 0.3) is 0 Å². The van der Waals surface area contributed by atoms with Crippen LogP contribution in [0.2, 0.25) is 5.02 Å². The predicted octanol–water partition coefficient (Wildman–Crippen LogP) is 4.18. The molecule has 0 radical (unpaired) electrons. The number of ether oxygens (including phenoxy) is 2. The van der Waals surface area contributed by atoms with Gasteiger partial charge < -0.3 is 19.4 Å². The number of aromatic nitrogens is 4. The molecule has 0 fully saturated rings. The zero-order valence-corrected chi connectivity index (χ0v) is 20.2. The zero-order chi connectivity index (χ0) is 24.9. The van der Waals surface area contributed by atoms with Crippen LogP contribution in [0, 0.1) is 11.3 Å². The lowest BCUT2D eigenvalue weighted by Crippen LogP contribution is -2.18. The first-order chi connectivity index (χ1) is 17.0. The standard InChI is InChI=1S/C25H23ClN6O3/c1-32-19-7-5-4-6-18(19)30-24(32)16(13-27)23(33)22-17(26)14-29-25(31-22)28-11-10-15-8-9-20(34-2)21(12-15)35-3/h4-9,12,14,16H,10-11H2,1-3H3,(H,28,29,31). The highest BCUT2D eigenvalue weighted by Gasteiger charge is 2.30. The number of aryl methyl sites for hydroxylation is 1. The maximum Gasteiger partial charge on any atom is 0.223 e. The molecule has 0 aliphatic rings. The second-order valence-electron chi connectivity index (χ2n) is 7.70. The molecule has 178 valence electrons. The van der Waals surface area contributed by atoms with Crippen LogP contribution in [0.1, 0.15) is 27.8 Å². The van der Waals surface area contributed by atoms with Crippen molar-refractivity contribution in [2.45, 2.75) is 12.3 Å². The number of nitrogens with one attached hydrogen (secondary N) is 1. The highest BCUT2D eigenvalue weighted by Crippen LogP contribution is 2.28. The van der Waals surface area contributed by atoms with E-state index in [0.29, 0.717) is 35.8 Å². The van der Waals surface area contributed by atoms with Crippen molar-refractivity contribution in [1.82, 2.24) is 19.5 Å². The molecule has 0 aliphatic heterocycles. The molecular formula is C25H23ClN6O3. The summed E-state index contributed by atoms with van der Waals surface area (Å²) in [4.78, 5) is 26.3. The van der Waals surface area contributed by atoms with E-state index >= 15 is 0 Å². The van der Waals surface area contributed by atoms with Gasteiger partial charge in [0, 0.05) is 13.6 Å². The van der Waals surface area contributed by atoms with Crippen LogP contribution in [0.5, 0.6) is 11.5 Å². The van der Waals surface area contributed by atoms with Crippen molar-refractivity contribution >= 4 is 34.4 Å². The Morgan fingerprint density at radius 1 is 1.17 bits per heavy atom. The first-order valence-electron chi connectivity index (χ1n) is 10.8. The fraction of sp³-hybridized carbons (Fsp3) is 0.240. The Morgan fingerprint density at radius 2 is 1.94 bits per heavy atom. The molecule has 0 amide bonds. The van der Waals surface area contributed by atoms with Crippen molar-refractivity contribution in [3.63, 3.8) is 0 Å². The molecule has 1 N–H and O–H groups in total. The first kappa shape index (κ1) is 24.0. The third-order valence-corrected chi connectivity index (χ3v) is 5.87. The molecule has 1 unspecified atom stereocenters. The second kappa shape index (κ2) is 10.4. The number of hydrogen-bond donors (Lipinski definition) is 1. The minimum absolute atomic E-state index is 0.0334. The number of carbonyl (C=O) groups excluding carboxylic acids is 1. The number of nitriles is 1. The summed E-state index contributed by atoms with van der Waals surface area (Å²) in [7, 11) is 4.94. The van der Waals surface area contributed by atoms with Crippen LogP contribution in [0.15, 0.2) is 48.7 Å². The van der Waals surface area contributed by atoms with Crippen LogP contribution >= 0.6 is 11.6 Å². The molecule has 4 rings (SSSR count). The zero-order valence-electron chi connectivity index (χ0n) is 19.4. The number of para-hydroxylation sites is 2. The number of ketones is 1. The fourth-order valence-corrected chi connectivity index (χ4v) is 3.96. The lowest BCUT2D eigenvalue weighted by Gasteiger charge is -2.12. The molecule has 4 aromatic rings. The number of benzene rings is 2. The van der Waals surface area contributed by atoms with Crippen LogP contribution in [0.25, 0.3) is 11.0 Å². The number of nitrogens with zero attached hydrogens (tertiary/aromatic N) is 5. The van der Waals surface area contributed by atoms with Gasteiger partial charge in [-0.15, -0.1) is 0 Å². The average molecular weight is 491 g/mol. The van der Waals surface area contributed by atoms with E-state index in [1.807, 2.05) is 42.5 Å². The van der Waals surface area contributed by atoms with Crippen LogP contribution in [0.4, 0.5) is 5.95 Å². The van der Waals surface area contributed by atoms with E-state index in [9.17, 15) is 10.1 Å². The molecule has 0 saturated heterocycles. The molecule has 1 atom stereocenters. The maximum absolute atomic E-state index is 13.3. The summed E-state index contributed by atoms with van der Waals surface area (Å²) in [5.41, 5.74) is 2.51. The van der Waals surface area contributed by atoms with E-state index in [1.165, 1.54) is 6.20 Å². The summed E-state index contributed by atoms with van der Waals surface area (Å²) in [6.07, 6.45) is 2.00. The Morgan fingerprint density at radius 3 is 2.66 bits per heavy atom. The Balaban J connectivity index is 1.52. The van der Waals surface area contributed by atoms with Crippen LogP contribution in [0.3, 0.4) is 0 Å². The third kappa shape index (κ3) is 4.88. The van der Waals surface area contributed by atoms with Gasteiger partial charge in [-0.25, -0.2) is 15.0 Å². The van der Waals surface area contributed by atoms with Gasteiger partial charge in [-0.3, -0.25) is 4.79 Å². The lowest BCUT2D eigenvalue weighted by molar-refractivity contribution is 0.0970. The van der Waals surface area contributed by atoms with Crippen molar-refractivity contribution in [2.24, 2.45) is 7.05 Å². The largest absolute Gasteiger partial charge is 0.493 e. The fourth-order valence-electron chi connectivity index (χ4n) is 3.77. The van der Waals surface area contributed by atoms with Gasteiger partial charge >= 0.3 is 0 Å². The molecule has 0 aliphatic carbocycles. The minimum atomic E-state index is -1.17. The maximum atomic E-state index is 13.3. The number of hydrogen-bond acceptors (Lipinski definition) is 8. The van der Waals surface area contributed by atoms with Crippen molar-refractivity contribution in [1.29, 1.82) is 5.26 Å². The number of carbonyl (C=O) groups is 1. The van der Waals surface area contributed by atoms with Gasteiger partial charge in [0.1, 0.15) is 11.5 Å². The molecule has 2 aromatic heterocycles. The summed E-state index contributed by atoms with van der Waals surface area (Å²) in [5.74, 6) is 0.156. The molecule has 9 nitrogen and oxygen atoms in total. The highest BCUT2D eigenvalue weighted by molar-refractivity contribution is 6.33. The molecule has 0 spiro atoms. The Hall–Kier alpha value is -4.16. The number of Topliss-reactive ketones (excluding diaryl/α,β-unsaturated/α-hetero) is 1. The van der Waals surface area contributed by atoms with E-state index < -0.39 is 11.7 Å². The summed E-state index contributed by atoms with van der Waals surface area (Å²) < 4.78 is 12.3. The molecule has 2 aromatic carbocycles. The van der Waals surface area contributed by atoms with Crippen molar-refractivity contribution < 1.29 is 14.3 Å². The molecule has 0 saturated carbocycles. The number of fused-ring (bicyclic) bond motifs is 1. The van der Waals surface area contributed by atoms with E-state index in [0.717, 1.165) is 11.1 Å². The van der Waals surface area contributed by atoms with Crippen LogP contribution in [-0.2, 0) is 13.5 Å². The summed E-state index contributed by atoms with van der Waals surface area (Å²) in [6.45, 7) is 0.497. The van der Waals surface area contributed by atoms with Crippen molar-refractivity contribution in [3.8, 4) is 17.6 Å². The smallest absolute Gasteiger partial charge is 0.223 e. The van der Waals surface area contributed by atoms with Gasteiger partial charge in [-0.2, -0.15) is 5.26 Å². The lowest BCUT2D eigenvalue weighted by atomic mass is 10.0. The monoisotopic (exact) mass is 490 g/mol. The van der Waals surface area contributed by atoms with Crippen LogP contribution < -0.4 is 14.8 Å². The Labute approximate surface area is 207 Å². The first-order valence-corrected chi connectivity index (χ1v) is 11.2. The topological polar surface area (TPSA) is 115 Å². The number of anilines is 1. The average Bonchev–Trinajstić information content (AvgIpc) is 3.21. The predicted molar refractivity (Wildman–Crippen MR) is 132 cm³/mol. The third-order valence-electron chi connectivity index (χ3n) is 5.59. The highest BCUT2D eigenvalue weighted by atomic mass is 35.5. The number of rotatable bonds is 9. The van der Waals surface area contributed by atoms with Gasteiger partial charge in [0.05, 0.1) is 42.5 Å². The van der Waals surface area contributed by atoms with Crippen molar-refractivity contribution in [2.75, 3.05) is 26.1 Å². The molecule has 10 heteroatoms. The molecular weight excluding hydrogens is 468 g/mol. The molecule has 0 bridgehead atoms. The normalized spacial score (nSPS) is 11.6. The number of imidazole rings is 1. The van der Waals surface area contributed by atoms with E-state index in [4.69, 9.17) is 21.1 Å². The van der Waals surface area contributed by atoms with E-state index in [1.54, 1.807) is 25.8 Å². The SMILES string of the molecule is COc1ccc(CCNc2ncc(Cl)c(C(=O)C(C#N)c3nc4ccccc4n3C)n2)cc1OC. The Kier molecular flexibility index (Phi) is 7.13. The Bertz CT molecular complexity index is 1430. The van der Waals surface area contributed by atoms with Gasteiger partial charge in [0.15, 0.2) is 17.4 Å². The van der Waals surface area contributed by atoms with Gasteiger partial charge in [-0.05, 0) is 36.2 Å². The minimum Gasteiger partial charge on any atom is -0.493 e. The summed E-state index contributed by atoms with van der Waals surface area (Å²) in [5, 5.41) is 13.0. The van der Waals surface area contributed by atoms with Gasteiger partial charge in [-0.1, -0.05) is 29.8 Å². The number of halogens is 1. The van der Waals surface area contributed by atoms with E-state index in [-0.39, 0.29) is 16.7 Å². The van der Waals surface area contributed by atoms with Crippen molar-refractivity contribution in [3.05, 3.63) is 70.8 Å². The number of methoxy groups -OCH3 is 2. The summed E-state index contributed by atoms with van der Waals surface area (Å²) >= 11 is 6.25. The van der Waals surface area contributed by atoms with Crippen LogP contribution in [-0.4, -0.2) is 46.1 Å². The second-order valence-corrected chi connectivity index (χ2v) is 8.11. The molecule has 2 heterocycles. The molecule has 35 heavy (non-hydrogen) atoms. The summed E-state index contributed by atoms with van der Waals surface area (Å²) in [6, 6.07) is 15.2. The quantitative estimate of drug-likeness (QED) is 0.347. The van der Waals surface area contributed by atoms with Gasteiger partial charge in [0.2, 0.25) is 11.7 Å².